The summed E-state index contributed by atoms with van der Waals surface area (Å²) in [5.74, 6) is 1.07. The summed E-state index contributed by atoms with van der Waals surface area (Å²) in [6, 6.07) is 13.9. The van der Waals surface area contributed by atoms with E-state index in [9.17, 15) is 0 Å². The van der Waals surface area contributed by atoms with Crippen molar-refractivity contribution >= 4 is 26.8 Å². The SMILES string of the molecule is Cc1ccc2c(c1)[Si](C)(C)c1cc(O[Si](C)(C)C(C)(C)C)ccc1C2. The molecule has 0 aliphatic carbocycles. The van der Waals surface area contributed by atoms with Gasteiger partial charge in [0.25, 0.3) is 0 Å². The first-order valence-corrected chi connectivity index (χ1v) is 15.2. The zero-order valence-corrected chi connectivity index (χ0v) is 19.1. The third-order valence-corrected chi connectivity index (χ3v) is 14.2. The van der Waals surface area contributed by atoms with E-state index in [1.54, 1.807) is 10.4 Å². The molecule has 0 spiro atoms. The van der Waals surface area contributed by atoms with E-state index in [0.717, 1.165) is 12.2 Å². The molecule has 0 aromatic heterocycles. The van der Waals surface area contributed by atoms with E-state index in [1.807, 2.05) is 0 Å². The van der Waals surface area contributed by atoms with Gasteiger partial charge >= 0.3 is 0 Å². The van der Waals surface area contributed by atoms with Crippen LogP contribution in [-0.4, -0.2) is 16.4 Å². The van der Waals surface area contributed by atoms with Gasteiger partial charge in [0.15, 0.2) is 0 Å². The van der Waals surface area contributed by atoms with Crippen LogP contribution in [0.4, 0.5) is 0 Å². The normalized spacial score (nSPS) is 16.2. The van der Waals surface area contributed by atoms with E-state index < -0.39 is 16.4 Å². The molecule has 0 radical (unpaired) electrons. The van der Waals surface area contributed by atoms with Gasteiger partial charge in [-0.25, -0.2) is 0 Å². The van der Waals surface area contributed by atoms with Crippen molar-refractivity contribution in [3.63, 3.8) is 0 Å². The number of fused-ring (bicyclic) bond motifs is 2. The van der Waals surface area contributed by atoms with Gasteiger partial charge in [-0.2, -0.15) is 0 Å². The molecule has 1 heterocycles. The van der Waals surface area contributed by atoms with Crippen LogP contribution >= 0.6 is 0 Å². The molecule has 0 bridgehead atoms. The molecule has 2 aromatic rings. The second-order valence-corrected chi connectivity index (χ2v) is 18.7. The van der Waals surface area contributed by atoms with Crippen molar-refractivity contribution in [2.24, 2.45) is 0 Å². The van der Waals surface area contributed by atoms with Crippen LogP contribution in [0, 0.1) is 6.92 Å². The van der Waals surface area contributed by atoms with Crippen LogP contribution in [0.3, 0.4) is 0 Å². The largest absolute Gasteiger partial charge is 0.544 e. The van der Waals surface area contributed by atoms with E-state index >= 15 is 0 Å². The Kier molecular flexibility index (Phi) is 4.32. The second kappa shape index (κ2) is 5.85. The first kappa shape index (κ1) is 18.5. The molecule has 0 fully saturated rings. The number of benzene rings is 2. The van der Waals surface area contributed by atoms with Gasteiger partial charge in [0, 0.05) is 0 Å². The van der Waals surface area contributed by atoms with Crippen molar-refractivity contribution in [2.75, 3.05) is 0 Å². The van der Waals surface area contributed by atoms with E-state index in [4.69, 9.17) is 4.43 Å². The molecular weight excluding hydrogens is 336 g/mol. The molecule has 0 amide bonds. The number of rotatable bonds is 2. The minimum absolute atomic E-state index is 0.222. The standard InChI is InChI=1S/C22H32OSi2/c1-16-9-10-17-14-18-11-12-19(23-25(7,8)22(2,3)4)15-21(18)24(5,6)20(17)13-16/h9-13,15H,14H2,1-8H3. The fraction of sp³-hybridized carbons (Fsp3) is 0.455. The highest BCUT2D eigenvalue weighted by Crippen LogP contribution is 2.37. The Morgan fingerprint density at radius 2 is 1.48 bits per heavy atom. The average Bonchev–Trinajstić information content (AvgIpc) is 2.48. The molecule has 1 aliphatic heterocycles. The molecular formula is C22H32OSi2. The lowest BCUT2D eigenvalue weighted by atomic mass is 10.0. The van der Waals surface area contributed by atoms with Crippen LogP contribution in [0.25, 0.3) is 0 Å². The van der Waals surface area contributed by atoms with Crippen LogP contribution in [0.5, 0.6) is 5.75 Å². The highest BCUT2D eigenvalue weighted by molar-refractivity contribution is 7.01. The number of hydrogen-bond donors (Lipinski definition) is 0. The minimum atomic E-state index is -1.80. The molecule has 3 heteroatoms. The van der Waals surface area contributed by atoms with E-state index in [1.165, 1.54) is 16.7 Å². The Morgan fingerprint density at radius 1 is 0.920 bits per heavy atom. The van der Waals surface area contributed by atoms with Crippen molar-refractivity contribution in [3.8, 4) is 5.75 Å². The van der Waals surface area contributed by atoms with Crippen molar-refractivity contribution < 1.29 is 4.43 Å². The molecule has 0 unspecified atom stereocenters. The predicted molar refractivity (Wildman–Crippen MR) is 115 cm³/mol. The summed E-state index contributed by atoms with van der Waals surface area (Å²) < 4.78 is 6.60. The molecule has 25 heavy (non-hydrogen) atoms. The first-order valence-electron chi connectivity index (χ1n) is 9.34. The number of hydrogen-bond acceptors (Lipinski definition) is 1. The van der Waals surface area contributed by atoms with Crippen molar-refractivity contribution in [1.29, 1.82) is 0 Å². The molecule has 134 valence electrons. The van der Waals surface area contributed by atoms with Crippen molar-refractivity contribution in [2.45, 2.75) is 65.3 Å². The van der Waals surface area contributed by atoms with Crippen LogP contribution in [0.15, 0.2) is 36.4 Å². The van der Waals surface area contributed by atoms with Crippen LogP contribution in [0.1, 0.15) is 37.5 Å². The van der Waals surface area contributed by atoms with Crippen LogP contribution in [-0.2, 0) is 6.42 Å². The van der Waals surface area contributed by atoms with Gasteiger partial charge in [0.2, 0.25) is 8.32 Å². The Hall–Kier alpha value is -1.33. The lowest BCUT2D eigenvalue weighted by Crippen LogP contribution is -2.58. The fourth-order valence-corrected chi connectivity index (χ4v) is 7.93. The molecule has 0 atom stereocenters. The summed E-state index contributed by atoms with van der Waals surface area (Å²) in [7, 11) is -3.48. The Morgan fingerprint density at radius 3 is 2.08 bits per heavy atom. The summed E-state index contributed by atoms with van der Waals surface area (Å²) in [6.07, 6.45) is 1.06. The quantitative estimate of drug-likeness (QED) is 0.670. The molecule has 1 nitrogen and oxygen atoms in total. The summed E-state index contributed by atoms with van der Waals surface area (Å²) in [6.45, 7) is 18.7. The molecule has 0 saturated heterocycles. The molecule has 1 aliphatic rings. The van der Waals surface area contributed by atoms with Crippen LogP contribution in [0.2, 0.25) is 31.2 Å². The highest BCUT2D eigenvalue weighted by atomic mass is 28.4. The summed E-state index contributed by atoms with van der Waals surface area (Å²) >= 11 is 0. The van der Waals surface area contributed by atoms with Crippen LogP contribution < -0.4 is 14.8 Å². The van der Waals surface area contributed by atoms with E-state index in [2.05, 4.69) is 90.3 Å². The Balaban J connectivity index is 2.03. The number of aryl methyl sites for hydroxylation is 1. The van der Waals surface area contributed by atoms with Gasteiger partial charge in [-0.1, -0.05) is 68.9 Å². The lowest BCUT2D eigenvalue weighted by Gasteiger charge is -2.38. The average molecular weight is 369 g/mol. The van der Waals surface area contributed by atoms with Gasteiger partial charge in [-0.3, -0.25) is 0 Å². The molecule has 0 saturated carbocycles. The minimum Gasteiger partial charge on any atom is -0.544 e. The van der Waals surface area contributed by atoms with E-state index in [0.29, 0.717) is 0 Å². The summed E-state index contributed by atoms with van der Waals surface area (Å²) in [5, 5.41) is 3.38. The monoisotopic (exact) mass is 368 g/mol. The third kappa shape index (κ3) is 3.24. The van der Waals surface area contributed by atoms with Gasteiger partial charge in [0.05, 0.1) is 0 Å². The lowest BCUT2D eigenvalue weighted by molar-refractivity contribution is 0.492. The highest BCUT2D eigenvalue weighted by Gasteiger charge is 2.40. The van der Waals surface area contributed by atoms with E-state index in [-0.39, 0.29) is 5.04 Å². The maximum atomic E-state index is 6.60. The molecule has 2 aromatic carbocycles. The second-order valence-electron chi connectivity index (χ2n) is 9.64. The van der Waals surface area contributed by atoms with Gasteiger partial charge < -0.3 is 4.43 Å². The van der Waals surface area contributed by atoms with Gasteiger partial charge in [-0.05, 0) is 59.9 Å². The van der Waals surface area contributed by atoms with Gasteiger partial charge in [0.1, 0.15) is 13.8 Å². The summed E-state index contributed by atoms with van der Waals surface area (Å²) in [5.41, 5.74) is 4.39. The molecule has 0 N–H and O–H groups in total. The Labute approximate surface area is 155 Å². The topological polar surface area (TPSA) is 9.23 Å². The molecule has 3 rings (SSSR count). The fourth-order valence-electron chi connectivity index (χ4n) is 3.58. The maximum Gasteiger partial charge on any atom is 0.250 e. The van der Waals surface area contributed by atoms with Crippen molar-refractivity contribution in [1.82, 2.24) is 0 Å². The third-order valence-electron chi connectivity index (χ3n) is 6.25. The maximum absolute atomic E-state index is 6.60. The first-order chi connectivity index (χ1) is 11.4. The summed E-state index contributed by atoms with van der Waals surface area (Å²) in [4.78, 5) is 0. The zero-order valence-electron chi connectivity index (χ0n) is 17.1. The smallest absolute Gasteiger partial charge is 0.250 e. The van der Waals surface area contributed by atoms with Gasteiger partial charge in [-0.15, -0.1) is 0 Å². The van der Waals surface area contributed by atoms with Crippen molar-refractivity contribution in [3.05, 3.63) is 53.1 Å². The Bertz CT molecular complexity index is 813. The zero-order chi connectivity index (χ0) is 18.6. The predicted octanol–water partition coefficient (Wildman–Crippen LogP) is 5.11.